The third-order valence-electron chi connectivity index (χ3n) is 4.82. The van der Waals surface area contributed by atoms with Gasteiger partial charge in [0.15, 0.2) is 0 Å². The van der Waals surface area contributed by atoms with Crippen LogP contribution in [0.3, 0.4) is 0 Å². The highest BCUT2D eigenvalue weighted by molar-refractivity contribution is 4.89. The highest BCUT2D eigenvalue weighted by Crippen LogP contribution is 2.24. The van der Waals surface area contributed by atoms with Crippen LogP contribution in [0.15, 0.2) is 0 Å². The molecule has 1 aliphatic rings. The van der Waals surface area contributed by atoms with Crippen molar-refractivity contribution < 1.29 is 0 Å². The van der Waals surface area contributed by atoms with Gasteiger partial charge in [-0.3, -0.25) is 4.90 Å². The van der Waals surface area contributed by atoms with E-state index in [1.54, 1.807) is 0 Å². The molecule has 0 saturated carbocycles. The average molecular weight is 284 g/mol. The lowest BCUT2D eigenvalue weighted by Crippen LogP contribution is -2.58. The smallest absolute Gasteiger partial charge is 0.0277 e. The fraction of sp³-hybridized carbons (Fsp3) is 1.00. The Labute approximate surface area is 127 Å². The minimum atomic E-state index is 0.312. The van der Waals surface area contributed by atoms with E-state index in [-0.39, 0.29) is 0 Å². The highest BCUT2D eigenvalue weighted by atomic mass is 15.3. The first-order valence-electron chi connectivity index (χ1n) is 8.34. The zero-order valence-electron chi connectivity index (χ0n) is 14.9. The molecule has 0 amide bonds. The number of nitrogens with one attached hydrogen (secondary N) is 1. The van der Waals surface area contributed by atoms with Crippen molar-refractivity contribution >= 4 is 0 Å². The lowest BCUT2D eigenvalue weighted by Gasteiger charge is -2.46. The van der Waals surface area contributed by atoms with Crippen LogP contribution < -0.4 is 5.32 Å². The summed E-state index contributed by atoms with van der Waals surface area (Å²) in [5.74, 6) is 0. The molecule has 3 heteroatoms. The summed E-state index contributed by atoms with van der Waals surface area (Å²) in [7, 11) is 2.25. The van der Waals surface area contributed by atoms with Crippen LogP contribution in [0.25, 0.3) is 0 Å². The van der Waals surface area contributed by atoms with Crippen molar-refractivity contribution in [3.8, 4) is 0 Å². The lowest BCUT2D eigenvalue weighted by molar-refractivity contribution is 0.0359. The number of nitrogens with zero attached hydrogens (tertiary/aromatic N) is 2. The van der Waals surface area contributed by atoms with Crippen molar-refractivity contribution in [1.82, 2.24) is 15.1 Å². The maximum absolute atomic E-state index is 3.74. The molecule has 1 N–H and O–H groups in total. The van der Waals surface area contributed by atoms with Crippen LogP contribution in [0.4, 0.5) is 0 Å². The van der Waals surface area contributed by atoms with Gasteiger partial charge in [0.1, 0.15) is 0 Å². The standard InChI is InChI=1S/C17H37N3/c1-8-10-18-15(16(2,3)4)9-11-20-13-12-19(7)17(5,6)14-20/h15,18H,8-14H2,1-7H3. The fourth-order valence-electron chi connectivity index (χ4n) is 3.00. The molecule has 3 nitrogen and oxygen atoms in total. The van der Waals surface area contributed by atoms with Gasteiger partial charge in [-0.2, -0.15) is 0 Å². The molecule has 0 aromatic heterocycles. The van der Waals surface area contributed by atoms with Gasteiger partial charge in [0.2, 0.25) is 0 Å². The summed E-state index contributed by atoms with van der Waals surface area (Å²) >= 11 is 0. The summed E-state index contributed by atoms with van der Waals surface area (Å²) in [6, 6.07) is 0.616. The highest BCUT2D eigenvalue weighted by Gasteiger charge is 2.32. The first-order valence-corrected chi connectivity index (χ1v) is 8.34. The summed E-state index contributed by atoms with van der Waals surface area (Å²) in [6.07, 6.45) is 2.47. The number of hydrogen-bond donors (Lipinski definition) is 1. The molecule has 20 heavy (non-hydrogen) atoms. The van der Waals surface area contributed by atoms with Crippen molar-refractivity contribution in [2.24, 2.45) is 5.41 Å². The van der Waals surface area contributed by atoms with Gasteiger partial charge in [-0.15, -0.1) is 0 Å². The summed E-state index contributed by atoms with van der Waals surface area (Å²) in [5.41, 5.74) is 0.656. The third-order valence-corrected chi connectivity index (χ3v) is 4.82. The minimum absolute atomic E-state index is 0.312. The maximum atomic E-state index is 3.74. The van der Waals surface area contributed by atoms with Crippen molar-refractivity contribution in [3.63, 3.8) is 0 Å². The van der Waals surface area contributed by atoms with Crippen LogP contribution in [-0.2, 0) is 0 Å². The van der Waals surface area contributed by atoms with Gasteiger partial charge in [0.05, 0.1) is 0 Å². The summed E-state index contributed by atoms with van der Waals surface area (Å²) in [4.78, 5) is 5.13. The van der Waals surface area contributed by atoms with Gasteiger partial charge in [0.25, 0.3) is 0 Å². The number of piperazine rings is 1. The van der Waals surface area contributed by atoms with Crippen molar-refractivity contribution in [3.05, 3.63) is 0 Å². The van der Waals surface area contributed by atoms with E-state index in [9.17, 15) is 0 Å². The van der Waals surface area contributed by atoms with E-state index >= 15 is 0 Å². The SMILES string of the molecule is CCCNC(CCN1CCN(C)C(C)(C)C1)C(C)(C)C. The van der Waals surface area contributed by atoms with Crippen LogP contribution in [-0.4, -0.2) is 61.2 Å². The Hall–Kier alpha value is -0.120. The van der Waals surface area contributed by atoms with E-state index in [1.165, 1.54) is 39.0 Å². The molecule has 0 spiro atoms. The molecule has 0 aliphatic carbocycles. The first-order chi connectivity index (χ1) is 9.16. The molecule has 0 radical (unpaired) electrons. The molecule has 0 aromatic carbocycles. The van der Waals surface area contributed by atoms with E-state index < -0.39 is 0 Å². The average Bonchev–Trinajstić information content (AvgIpc) is 2.31. The number of hydrogen-bond acceptors (Lipinski definition) is 3. The quantitative estimate of drug-likeness (QED) is 0.809. The van der Waals surface area contributed by atoms with E-state index in [1.807, 2.05) is 0 Å². The maximum Gasteiger partial charge on any atom is 0.0277 e. The second kappa shape index (κ2) is 7.24. The number of rotatable bonds is 6. The van der Waals surface area contributed by atoms with Gasteiger partial charge in [-0.05, 0) is 52.2 Å². The van der Waals surface area contributed by atoms with Crippen LogP contribution >= 0.6 is 0 Å². The van der Waals surface area contributed by atoms with Gasteiger partial charge in [-0.25, -0.2) is 0 Å². The van der Waals surface area contributed by atoms with Gasteiger partial charge in [-0.1, -0.05) is 27.7 Å². The largest absolute Gasteiger partial charge is 0.313 e. The van der Waals surface area contributed by atoms with Crippen LogP contribution in [0.5, 0.6) is 0 Å². The van der Waals surface area contributed by atoms with E-state index in [2.05, 4.69) is 63.7 Å². The lowest BCUT2D eigenvalue weighted by atomic mass is 9.84. The monoisotopic (exact) mass is 283 g/mol. The molecule has 1 atom stereocenters. The zero-order valence-corrected chi connectivity index (χ0v) is 14.9. The van der Waals surface area contributed by atoms with Crippen LogP contribution in [0.1, 0.15) is 54.4 Å². The Morgan fingerprint density at radius 2 is 1.85 bits per heavy atom. The molecule has 1 rings (SSSR count). The van der Waals surface area contributed by atoms with Crippen molar-refractivity contribution in [1.29, 1.82) is 0 Å². The van der Waals surface area contributed by atoms with Gasteiger partial charge in [0, 0.05) is 31.2 Å². The summed E-state index contributed by atoms with van der Waals surface area (Å²) in [6.45, 7) is 20.0. The molecule has 1 saturated heterocycles. The molecule has 1 fully saturated rings. The Morgan fingerprint density at radius 3 is 2.35 bits per heavy atom. The first kappa shape index (κ1) is 17.9. The predicted octanol–water partition coefficient (Wildman–Crippen LogP) is 2.82. The summed E-state index contributed by atoms with van der Waals surface area (Å²) in [5, 5.41) is 3.74. The summed E-state index contributed by atoms with van der Waals surface area (Å²) < 4.78 is 0. The number of likely N-dealkylation sites (N-methyl/N-ethyl adjacent to an activating group) is 1. The zero-order chi connectivity index (χ0) is 15.4. The third kappa shape index (κ3) is 5.34. The van der Waals surface area contributed by atoms with Crippen LogP contribution in [0, 0.1) is 5.41 Å². The Balaban J connectivity index is 2.47. The van der Waals surface area contributed by atoms with E-state index in [0.717, 1.165) is 6.54 Å². The molecular weight excluding hydrogens is 246 g/mol. The van der Waals surface area contributed by atoms with Crippen LogP contribution in [0.2, 0.25) is 0 Å². The van der Waals surface area contributed by atoms with Crippen molar-refractivity contribution in [2.75, 3.05) is 39.8 Å². The van der Waals surface area contributed by atoms with E-state index in [4.69, 9.17) is 0 Å². The van der Waals surface area contributed by atoms with Gasteiger partial charge < -0.3 is 10.2 Å². The van der Waals surface area contributed by atoms with Gasteiger partial charge >= 0.3 is 0 Å². The molecule has 0 bridgehead atoms. The minimum Gasteiger partial charge on any atom is -0.313 e. The Kier molecular flexibility index (Phi) is 6.49. The molecular formula is C17H37N3. The topological polar surface area (TPSA) is 18.5 Å². The Bertz CT molecular complexity index is 280. The normalized spacial score (nSPS) is 22.9. The van der Waals surface area contributed by atoms with E-state index in [0.29, 0.717) is 17.0 Å². The second-order valence-corrected chi connectivity index (χ2v) is 8.17. The molecule has 0 aromatic rings. The second-order valence-electron chi connectivity index (χ2n) is 8.17. The molecule has 1 unspecified atom stereocenters. The molecule has 120 valence electrons. The van der Waals surface area contributed by atoms with Crippen molar-refractivity contribution in [2.45, 2.75) is 66.0 Å². The molecule has 1 heterocycles. The molecule has 1 aliphatic heterocycles. The Morgan fingerprint density at radius 1 is 1.20 bits per heavy atom. The fourth-order valence-corrected chi connectivity index (χ4v) is 3.00. The predicted molar refractivity (Wildman–Crippen MR) is 89.3 cm³/mol.